The SMILES string of the molecule is O=C(O)C1=Cc2c(oc3cc(O)ccc3c2=O)C(c2ccc(OC(F)(F)F)cc2)c2ccccc21. The molecule has 0 saturated carbocycles. The maximum absolute atomic E-state index is 13.4. The molecule has 176 valence electrons. The van der Waals surface area contributed by atoms with Crippen molar-refractivity contribution in [2.24, 2.45) is 0 Å². The molecule has 1 aliphatic rings. The van der Waals surface area contributed by atoms with Crippen LogP contribution < -0.4 is 10.2 Å². The minimum Gasteiger partial charge on any atom is -0.508 e. The van der Waals surface area contributed by atoms with E-state index in [1.54, 1.807) is 24.3 Å². The fraction of sp³-hybridized carbons (Fsp3) is 0.0769. The van der Waals surface area contributed by atoms with Crippen molar-refractivity contribution in [1.29, 1.82) is 0 Å². The van der Waals surface area contributed by atoms with E-state index >= 15 is 0 Å². The lowest BCUT2D eigenvalue weighted by molar-refractivity contribution is -0.274. The number of aliphatic carboxylic acids is 1. The van der Waals surface area contributed by atoms with Gasteiger partial charge in [0, 0.05) is 6.07 Å². The third-order valence-corrected chi connectivity index (χ3v) is 5.73. The number of phenolic OH excluding ortho intramolecular Hbond substituents is 1. The maximum atomic E-state index is 13.4. The van der Waals surface area contributed by atoms with Gasteiger partial charge < -0.3 is 19.4 Å². The van der Waals surface area contributed by atoms with Crippen molar-refractivity contribution in [3.8, 4) is 11.5 Å². The molecule has 0 fully saturated rings. The van der Waals surface area contributed by atoms with Gasteiger partial charge in [0.2, 0.25) is 0 Å². The molecule has 0 radical (unpaired) electrons. The van der Waals surface area contributed by atoms with E-state index in [2.05, 4.69) is 4.74 Å². The van der Waals surface area contributed by atoms with Crippen LogP contribution in [0.1, 0.15) is 33.9 Å². The van der Waals surface area contributed by atoms with Gasteiger partial charge in [-0.1, -0.05) is 36.4 Å². The summed E-state index contributed by atoms with van der Waals surface area (Å²) in [5, 5.41) is 20.0. The molecule has 0 spiro atoms. The zero-order valence-electron chi connectivity index (χ0n) is 17.7. The van der Waals surface area contributed by atoms with Gasteiger partial charge in [-0.15, -0.1) is 13.2 Å². The summed E-state index contributed by atoms with van der Waals surface area (Å²) < 4.78 is 47.9. The largest absolute Gasteiger partial charge is 0.573 e. The minimum absolute atomic E-state index is 0.00240. The van der Waals surface area contributed by atoms with Gasteiger partial charge in [-0.25, -0.2) is 4.79 Å². The molecule has 1 aromatic heterocycles. The number of halogens is 3. The van der Waals surface area contributed by atoms with E-state index in [0.29, 0.717) is 16.7 Å². The number of aromatic hydroxyl groups is 1. The monoisotopic (exact) mass is 480 g/mol. The van der Waals surface area contributed by atoms with E-state index in [9.17, 15) is 33.0 Å². The Morgan fingerprint density at radius 3 is 2.40 bits per heavy atom. The van der Waals surface area contributed by atoms with Crippen molar-refractivity contribution < 1.29 is 37.3 Å². The summed E-state index contributed by atoms with van der Waals surface area (Å²) in [4.78, 5) is 25.6. The Kier molecular flexibility index (Phi) is 5.12. The Balaban J connectivity index is 1.82. The van der Waals surface area contributed by atoms with E-state index < -0.39 is 29.4 Å². The van der Waals surface area contributed by atoms with Gasteiger partial charge in [-0.2, -0.15) is 0 Å². The van der Waals surface area contributed by atoms with Gasteiger partial charge in [-0.05, 0) is 47.0 Å². The average molecular weight is 480 g/mol. The predicted molar refractivity (Wildman–Crippen MR) is 120 cm³/mol. The summed E-state index contributed by atoms with van der Waals surface area (Å²) in [5.41, 5.74) is 0.695. The van der Waals surface area contributed by atoms with Crippen LogP contribution in [0.25, 0.3) is 22.6 Å². The van der Waals surface area contributed by atoms with Crippen LogP contribution in [0.2, 0.25) is 0 Å². The van der Waals surface area contributed by atoms with Gasteiger partial charge in [-0.3, -0.25) is 4.79 Å². The van der Waals surface area contributed by atoms with Crippen LogP contribution in [0.15, 0.2) is 75.9 Å². The second-order valence-electron chi connectivity index (χ2n) is 7.89. The Hall–Kier alpha value is -4.53. The third-order valence-electron chi connectivity index (χ3n) is 5.73. The second kappa shape index (κ2) is 8.05. The van der Waals surface area contributed by atoms with Crippen LogP contribution >= 0.6 is 0 Å². The van der Waals surface area contributed by atoms with E-state index in [-0.39, 0.29) is 33.6 Å². The van der Waals surface area contributed by atoms with Gasteiger partial charge in [0.25, 0.3) is 0 Å². The normalized spacial score (nSPS) is 15.1. The smallest absolute Gasteiger partial charge is 0.508 e. The van der Waals surface area contributed by atoms with Gasteiger partial charge in [0.1, 0.15) is 22.8 Å². The number of fused-ring (bicyclic) bond motifs is 3. The van der Waals surface area contributed by atoms with Crippen LogP contribution in [0.4, 0.5) is 13.2 Å². The minimum atomic E-state index is -4.86. The predicted octanol–water partition coefficient (Wildman–Crippen LogP) is 5.52. The average Bonchev–Trinajstić information content (AvgIpc) is 2.93. The molecule has 0 amide bonds. The van der Waals surface area contributed by atoms with E-state index in [1.165, 1.54) is 36.4 Å². The molecule has 4 aromatic rings. The van der Waals surface area contributed by atoms with Crippen LogP contribution in [0.5, 0.6) is 11.5 Å². The zero-order valence-corrected chi connectivity index (χ0v) is 17.7. The molecule has 1 atom stereocenters. The molecule has 5 rings (SSSR count). The molecule has 1 unspecified atom stereocenters. The first-order valence-electron chi connectivity index (χ1n) is 10.3. The van der Waals surface area contributed by atoms with Crippen molar-refractivity contribution in [3.05, 3.63) is 105 Å². The lowest BCUT2D eigenvalue weighted by Crippen LogP contribution is -2.17. The number of ether oxygens (including phenoxy) is 1. The number of phenols is 1. The molecular formula is C26H15F3O6. The molecule has 6 nitrogen and oxygen atoms in total. The molecule has 1 aliphatic carbocycles. The molecule has 1 heterocycles. The Labute approximate surface area is 195 Å². The van der Waals surface area contributed by atoms with Crippen LogP contribution in [0.3, 0.4) is 0 Å². The summed E-state index contributed by atoms with van der Waals surface area (Å²) in [6.07, 6.45) is -3.62. The summed E-state index contributed by atoms with van der Waals surface area (Å²) in [6.45, 7) is 0. The zero-order chi connectivity index (χ0) is 24.9. The Morgan fingerprint density at radius 1 is 1.00 bits per heavy atom. The highest BCUT2D eigenvalue weighted by Crippen LogP contribution is 2.42. The Bertz CT molecular complexity index is 1570. The van der Waals surface area contributed by atoms with Gasteiger partial charge in [0.15, 0.2) is 5.43 Å². The third kappa shape index (κ3) is 4.01. The quantitative estimate of drug-likeness (QED) is 0.401. The van der Waals surface area contributed by atoms with Crippen molar-refractivity contribution >= 4 is 28.6 Å². The van der Waals surface area contributed by atoms with Crippen molar-refractivity contribution in [2.75, 3.05) is 0 Å². The number of carbonyl (C=O) groups is 1. The molecular weight excluding hydrogens is 465 g/mol. The first-order valence-corrected chi connectivity index (χ1v) is 10.3. The number of carboxylic acid groups (broad SMARTS) is 1. The molecule has 0 aliphatic heterocycles. The van der Waals surface area contributed by atoms with E-state index in [0.717, 1.165) is 12.1 Å². The fourth-order valence-corrected chi connectivity index (χ4v) is 4.29. The molecule has 0 bridgehead atoms. The number of alkyl halides is 3. The standard InChI is InChI=1S/C26H15F3O6/c27-26(28,29)35-15-8-5-13(6-9-15)22-17-4-2-1-3-16(17)19(25(32)33)12-20-23(31)18-10-7-14(30)11-21(18)34-24(20)22/h1-12,22,30H,(H,32,33). The highest BCUT2D eigenvalue weighted by atomic mass is 19.4. The van der Waals surface area contributed by atoms with Crippen LogP contribution in [-0.2, 0) is 4.79 Å². The number of carboxylic acids is 1. The summed E-state index contributed by atoms with van der Waals surface area (Å²) in [6, 6.07) is 15.6. The molecule has 2 N–H and O–H groups in total. The number of hydrogen-bond acceptors (Lipinski definition) is 5. The van der Waals surface area contributed by atoms with Crippen LogP contribution in [-0.4, -0.2) is 22.5 Å². The number of benzene rings is 3. The fourth-order valence-electron chi connectivity index (χ4n) is 4.29. The molecule has 3 aromatic carbocycles. The number of rotatable bonds is 3. The van der Waals surface area contributed by atoms with E-state index in [1.807, 2.05) is 0 Å². The lowest BCUT2D eigenvalue weighted by Gasteiger charge is -2.21. The van der Waals surface area contributed by atoms with Gasteiger partial charge >= 0.3 is 12.3 Å². The topological polar surface area (TPSA) is 97.0 Å². The Morgan fingerprint density at radius 2 is 1.71 bits per heavy atom. The van der Waals surface area contributed by atoms with Crippen molar-refractivity contribution in [2.45, 2.75) is 12.3 Å². The summed E-state index contributed by atoms with van der Waals surface area (Å²) in [5.74, 6) is -2.57. The maximum Gasteiger partial charge on any atom is 0.573 e. The van der Waals surface area contributed by atoms with Crippen LogP contribution in [0, 0.1) is 0 Å². The highest BCUT2D eigenvalue weighted by Gasteiger charge is 2.33. The summed E-state index contributed by atoms with van der Waals surface area (Å²) in [7, 11) is 0. The lowest BCUT2D eigenvalue weighted by atomic mass is 9.85. The number of hydrogen-bond donors (Lipinski definition) is 2. The summed E-state index contributed by atoms with van der Waals surface area (Å²) >= 11 is 0. The van der Waals surface area contributed by atoms with Gasteiger partial charge in [0.05, 0.1) is 22.4 Å². The van der Waals surface area contributed by atoms with Crippen molar-refractivity contribution in [1.82, 2.24) is 0 Å². The highest BCUT2D eigenvalue weighted by molar-refractivity contribution is 6.21. The molecule has 0 saturated heterocycles. The van der Waals surface area contributed by atoms with Crippen molar-refractivity contribution in [3.63, 3.8) is 0 Å². The second-order valence-corrected chi connectivity index (χ2v) is 7.89. The first kappa shape index (κ1) is 22.3. The first-order chi connectivity index (χ1) is 16.6. The molecule has 35 heavy (non-hydrogen) atoms. The van der Waals surface area contributed by atoms with E-state index in [4.69, 9.17) is 4.42 Å². The molecule has 9 heteroatoms.